The molecule has 0 spiro atoms. The zero-order chi connectivity index (χ0) is 14.6. The number of hydrogen-bond acceptors (Lipinski definition) is 2. The lowest BCUT2D eigenvalue weighted by atomic mass is 9.82. The maximum atomic E-state index is 2.34. The zero-order valence-corrected chi connectivity index (χ0v) is 12.8. The average Bonchev–Trinajstić information content (AvgIpc) is 3.01. The minimum Gasteiger partial charge on any atom is -0.361 e. The molecule has 4 rings (SSSR count). The number of benzene rings is 2. The van der Waals surface area contributed by atoms with E-state index in [1.54, 1.807) is 0 Å². The SMILES string of the molecule is CN1C=CN(c2ccc3c(c2)-c2ccccc2C3(C)C)C1. The van der Waals surface area contributed by atoms with Crippen molar-refractivity contribution >= 4 is 5.69 Å². The molecule has 0 bridgehead atoms. The van der Waals surface area contributed by atoms with E-state index < -0.39 is 0 Å². The molecule has 0 radical (unpaired) electrons. The van der Waals surface area contributed by atoms with Gasteiger partial charge in [0, 0.05) is 30.5 Å². The van der Waals surface area contributed by atoms with E-state index in [-0.39, 0.29) is 5.41 Å². The van der Waals surface area contributed by atoms with Gasteiger partial charge in [-0.25, -0.2) is 0 Å². The molecule has 2 heteroatoms. The van der Waals surface area contributed by atoms with Crippen LogP contribution in [0.1, 0.15) is 25.0 Å². The summed E-state index contributed by atoms with van der Waals surface area (Å²) in [5.74, 6) is 0. The van der Waals surface area contributed by atoms with Crippen molar-refractivity contribution in [2.24, 2.45) is 0 Å². The van der Waals surface area contributed by atoms with E-state index in [9.17, 15) is 0 Å². The summed E-state index contributed by atoms with van der Waals surface area (Å²) in [4.78, 5) is 4.47. The van der Waals surface area contributed by atoms with E-state index >= 15 is 0 Å². The standard InChI is InChI=1S/C19H20N2/c1-19(2)17-7-5-4-6-15(17)16-12-14(8-9-18(16)19)21-11-10-20(3)13-21/h4-12H,13H2,1-3H3. The molecule has 1 aliphatic carbocycles. The second-order valence-corrected chi connectivity index (χ2v) is 6.57. The summed E-state index contributed by atoms with van der Waals surface area (Å²) in [5, 5.41) is 0. The summed E-state index contributed by atoms with van der Waals surface area (Å²) in [7, 11) is 2.10. The van der Waals surface area contributed by atoms with Crippen LogP contribution < -0.4 is 4.90 Å². The molecule has 0 atom stereocenters. The van der Waals surface area contributed by atoms with E-state index in [1.807, 2.05) is 0 Å². The Morgan fingerprint density at radius 1 is 0.905 bits per heavy atom. The van der Waals surface area contributed by atoms with Crippen molar-refractivity contribution in [2.75, 3.05) is 18.6 Å². The van der Waals surface area contributed by atoms with Gasteiger partial charge in [-0.1, -0.05) is 44.2 Å². The first-order valence-corrected chi connectivity index (χ1v) is 7.47. The van der Waals surface area contributed by atoms with Crippen LogP contribution in [0, 0.1) is 0 Å². The Kier molecular flexibility index (Phi) is 2.47. The Hall–Kier alpha value is -2.22. The molecule has 0 aromatic heterocycles. The van der Waals surface area contributed by atoms with E-state index in [0.29, 0.717) is 0 Å². The van der Waals surface area contributed by atoms with E-state index in [0.717, 1.165) is 6.67 Å². The fraction of sp³-hybridized carbons (Fsp3) is 0.263. The minimum atomic E-state index is 0.0993. The van der Waals surface area contributed by atoms with Gasteiger partial charge in [0.25, 0.3) is 0 Å². The number of rotatable bonds is 1. The van der Waals surface area contributed by atoms with E-state index in [2.05, 4.69) is 85.6 Å². The maximum Gasteiger partial charge on any atom is 0.0938 e. The number of nitrogens with zero attached hydrogens (tertiary/aromatic N) is 2. The molecule has 1 heterocycles. The van der Waals surface area contributed by atoms with Gasteiger partial charge < -0.3 is 9.80 Å². The molecule has 21 heavy (non-hydrogen) atoms. The molecule has 2 aromatic carbocycles. The summed E-state index contributed by atoms with van der Waals surface area (Å²) in [6.45, 7) is 5.56. The van der Waals surface area contributed by atoms with Gasteiger partial charge in [-0.3, -0.25) is 0 Å². The fourth-order valence-corrected chi connectivity index (χ4v) is 3.58. The lowest BCUT2D eigenvalue weighted by molar-refractivity contribution is 0.495. The summed E-state index contributed by atoms with van der Waals surface area (Å²) in [5.41, 5.74) is 7.01. The highest BCUT2D eigenvalue weighted by atomic mass is 15.3. The molecular weight excluding hydrogens is 256 g/mol. The third-order valence-electron chi connectivity index (χ3n) is 4.78. The monoisotopic (exact) mass is 276 g/mol. The Morgan fingerprint density at radius 2 is 1.67 bits per heavy atom. The highest BCUT2D eigenvalue weighted by Crippen LogP contribution is 2.49. The van der Waals surface area contributed by atoms with Crippen molar-refractivity contribution in [3.05, 3.63) is 66.0 Å². The second-order valence-electron chi connectivity index (χ2n) is 6.57. The molecule has 0 fully saturated rings. The van der Waals surface area contributed by atoms with E-state index in [1.165, 1.54) is 27.9 Å². The molecule has 0 N–H and O–H groups in total. The Morgan fingerprint density at radius 3 is 2.43 bits per heavy atom. The third-order valence-corrected chi connectivity index (χ3v) is 4.78. The van der Waals surface area contributed by atoms with Crippen molar-refractivity contribution in [1.82, 2.24) is 4.90 Å². The van der Waals surface area contributed by atoms with Crippen molar-refractivity contribution in [2.45, 2.75) is 19.3 Å². The normalized spacial score (nSPS) is 18.0. The predicted octanol–water partition coefficient (Wildman–Crippen LogP) is 4.17. The maximum absolute atomic E-state index is 2.34. The zero-order valence-electron chi connectivity index (χ0n) is 12.8. The predicted molar refractivity (Wildman–Crippen MR) is 88.3 cm³/mol. The molecule has 0 saturated carbocycles. The minimum absolute atomic E-state index is 0.0993. The van der Waals surface area contributed by atoms with Crippen LogP contribution in [-0.4, -0.2) is 18.6 Å². The number of anilines is 1. The quantitative estimate of drug-likeness (QED) is 0.771. The molecule has 2 aliphatic rings. The smallest absolute Gasteiger partial charge is 0.0938 e. The van der Waals surface area contributed by atoms with Gasteiger partial charge in [0.15, 0.2) is 0 Å². The Balaban J connectivity index is 1.86. The average molecular weight is 276 g/mol. The van der Waals surface area contributed by atoms with Crippen LogP contribution in [0.4, 0.5) is 5.69 Å². The van der Waals surface area contributed by atoms with Crippen molar-refractivity contribution in [3.63, 3.8) is 0 Å². The summed E-state index contributed by atoms with van der Waals surface area (Å²) in [6.07, 6.45) is 4.26. The molecule has 106 valence electrons. The Labute approximate surface area is 126 Å². The van der Waals surface area contributed by atoms with Gasteiger partial charge in [0.05, 0.1) is 6.67 Å². The van der Waals surface area contributed by atoms with Crippen LogP contribution in [0.2, 0.25) is 0 Å². The van der Waals surface area contributed by atoms with Crippen LogP contribution >= 0.6 is 0 Å². The third kappa shape index (κ3) is 1.72. The van der Waals surface area contributed by atoms with E-state index in [4.69, 9.17) is 0 Å². The van der Waals surface area contributed by atoms with Gasteiger partial charge >= 0.3 is 0 Å². The Bertz CT molecular complexity index is 743. The van der Waals surface area contributed by atoms with Gasteiger partial charge in [-0.05, 0) is 34.4 Å². The molecule has 2 nitrogen and oxygen atoms in total. The summed E-state index contributed by atoms with van der Waals surface area (Å²) >= 11 is 0. The van der Waals surface area contributed by atoms with Crippen molar-refractivity contribution in [3.8, 4) is 11.1 Å². The first-order valence-electron chi connectivity index (χ1n) is 7.47. The van der Waals surface area contributed by atoms with Crippen molar-refractivity contribution < 1.29 is 0 Å². The van der Waals surface area contributed by atoms with Gasteiger partial charge in [-0.2, -0.15) is 0 Å². The molecule has 0 amide bonds. The molecule has 0 unspecified atom stereocenters. The second kappa shape index (κ2) is 4.14. The fourth-order valence-electron chi connectivity index (χ4n) is 3.58. The molecule has 1 aliphatic heterocycles. The topological polar surface area (TPSA) is 6.48 Å². The lowest BCUT2D eigenvalue weighted by Crippen LogP contribution is -2.21. The largest absolute Gasteiger partial charge is 0.361 e. The first kappa shape index (κ1) is 12.5. The van der Waals surface area contributed by atoms with Crippen LogP contribution in [-0.2, 0) is 5.41 Å². The highest BCUT2D eigenvalue weighted by Gasteiger charge is 2.35. The van der Waals surface area contributed by atoms with Gasteiger partial charge in [-0.15, -0.1) is 0 Å². The molecule has 2 aromatic rings. The van der Waals surface area contributed by atoms with Gasteiger partial charge in [0.2, 0.25) is 0 Å². The lowest BCUT2D eigenvalue weighted by Gasteiger charge is -2.23. The summed E-state index contributed by atoms with van der Waals surface area (Å²) in [6, 6.07) is 15.7. The van der Waals surface area contributed by atoms with Crippen LogP contribution in [0.5, 0.6) is 0 Å². The number of hydrogen-bond donors (Lipinski definition) is 0. The number of fused-ring (bicyclic) bond motifs is 3. The molecule has 0 saturated heterocycles. The van der Waals surface area contributed by atoms with Crippen LogP contribution in [0.25, 0.3) is 11.1 Å². The molecular formula is C19H20N2. The highest BCUT2D eigenvalue weighted by molar-refractivity contribution is 5.83. The van der Waals surface area contributed by atoms with Gasteiger partial charge in [0.1, 0.15) is 0 Å². The van der Waals surface area contributed by atoms with Crippen molar-refractivity contribution in [1.29, 1.82) is 0 Å². The first-order chi connectivity index (χ1) is 10.1. The van der Waals surface area contributed by atoms with Crippen LogP contribution in [0.15, 0.2) is 54.9 Å². The van der Waals surface area contributed by atoms with Crippen LogP contribution in [0.3, 0.4) is 0 Å². The summed E-state index contributed by atoms with van der Waals surface area (Å²) < 4.78 is 0.